The predicted molar refractivity (Wildman–Crippen MR) is 108 cm³/mol. The highest BCUT2D eigenvalue weighted by Gasteiger charge is 2.21. The molecule has 1 saturated carbocycles. The maximum atomic E-state index is 11.0. The number of nitrogens with one attached hydrogen (secondary N) is 1. The van der Waals surface area contributed by atoms with Gasteiger partial charge in [-0.1, -0.05) is 12.8 Å². The van der Waals surface area contributed by atoms with Gasteiger partial charge in [-0.3, -0.25) is 9.79 Å². The van der Waals surface area contributed by atoms with E-state index in [1.807, 2.05) is 7.05 Å². The van der Waals surface area contributed by atoms with Gasteiger partial charge in [-0.05, 0) is 31.6 Å². The summed E-state index contributed by atoms with van der Waals surface area (Å²) < 4.78 is 10.3. The van der Waals surface area contributed by atoms with Gasteiger partial charge >= 0.3 is 5.97 Å². The van der Waals surface area contributed by atoms with Gasteiger partial charge in [-0.2, -0.15) is 0 Å². The fourth-order valence-electron chi connectivity index (χ4n) is 2.28. The van der Waals surface area contributed by atoms with Crippen LogP contribution in [0.2, 0.25) is 0 Å². The Hall–Kier alpha value is -0.570. The monoisotopic (exact) mass is 455 g/mol. The SMILES string of the molecule is CN=C(NCCCCCCC(=O)OC)N(C)CCOCC1CC1.I. The molecule has 0 radical (unpaired) electrons. The molecule has 7 heteroatoms. The lowest BCUT2D eigenvalue weighted by atomic mass is 10.1. The number of unbranched alkanes of at least 4 members (excludes halogenated alkanes) is 3. The number of rotatable bonds is 12. The van der Waals surface area contributed by atoms with E-state index in [9.17, 15) is 4.79 Å². The lowest BCUT2D eigenvalue weighted by Crippen LogP contribution is -2.40. The molecule has 0 heterocycles. The molecule has 0 bridgehead atoms. The van der Waals surface area contributed by atoms with Crippen LogP contribution in [-0.4, -0.2) is 64.3 Å². The summed E-state index contributed by atoms with van der Waals surface area (Å²) >= 11 is 0. The molecule has 0 aliphatic heterocycles. The first kappa shape index (κ1) is 23.4. The number of halogens is 1. The predicted octanol–water partition coefficient (Wildman–Crippen LogP) is 2.66. The van der Waals surface area contributed by atoms with Gasteiger partial charge in [0.15, 0.2) is 5.96 Å². The molecule has 1 aliphatic carbocycles. The minimum absolute atomic E-state index is 0. The molecule has 0 aromatic heterocycles. The molecule has 1 fully saturated rings. The van der Waals surface area contributed by atoms with E-state index in [2.05, 4.69) is 19.9 Å². The number of nitrogens with zero attached hydrogens (tertiary/aromatic N) is 2. The molecule has 6 nitrogen and oxygen atoms in total. The number of hydrogen-bond donors (Lipinski definition) is 1. The first-order valence-corrected chi connectivity index (χ1v) is 8.73. The zero-order valence-corrected chi connectivity index (χ0v) is 17.7. The smallest absolute Gasteiger partial charge is 0.305 e. The van der Waals surface area contributed by atoms with Crippen LogP contribution in [0, 0.1) is 5.92 Å². The second kappa shape index (κ2) is 14.7. The molecule has 0 amide bonds. The third-order valence-electron chi connectivity index (χ3n) is 4.01. The van der Waals surface area contributed by atoms with Crippen molar-refractivity contribution < 1.29 is 14.3 Å². The van der Waals surface area contributed by atoms with Gasteiger partial charge in [0.2, 0.25) is 0 Å². The minimum atomic E-state index is -0.117. The van der Waals surface area contributed by atoms with Crippen molar-refractivity contribution in [1.82, 2.24) is 10.2 Å². The highest BCUT2D eigenvalue weighted by Crippen LogP contribution is 2.28. The Morgan fingerprint density at radius 2 is 1.96 bits per heavy atom. The van der Waals surface area contributed by atoms with Crippen LogP contribution >= 0.6 is 24.0 Å². The zero-order chi connectivity index (χ0) is 16.9. The van der Waals surface area contributed by atoms with E-state index in [-0.39, 0.29) is 29.9 Å². The van der Waals surface area contributed by atoms with Crippen molar-refractivity contribution in [3.63, 3.8) is 0 Å². The number of likely N-dealkylation sites (N-methyl/N-ethyl adjacent to an activating group) is 1. The molecule has 1 aliphatic rings. The van der Waals surface area contributed by atoms with E-state index in [4.69, 9.17) is 4.74 Å². The minimum Gasteiger partial charge on any atom is -0.469 e. The number of hydrogen-bond acceptors (Lipinski definition) is 4. The molecule has 0 unspecified atom stereocenters. The van der Waals surface area contributed by atoms with Crippen LogP contribution in [0.15, 0.2) is 4.99 Å². The van der Waals surface area contributed by atoms with E-state index >= 15 is 0 Å². The lowest BCUT2D eigenvalue weighted by molar-refractivity contribution is -0.140. The third kappa shape index (κ3) is 11.9. The Bertz CT molecular complexity index is 363. The molecule has 0 spiro atoms. The fourth-order valence-corrected chi connectivity index (χ4v) is 2.28. The van der Waals surface area contributed by atoms with Gasteiger partial charge in [0.1, 0.15) is 0 Å². The summed E-state index contributed by atoms with van der Waals surface area (Å²) in [6.45, 7) is 3.41. The molecule has 0 atom stereocenters. The average molecular weight is 455 g/mol. The first-order valence-electron chi connectivity index (χ1n) is 8.73. The molecule has 1 rings (SSSR count). The third-order valence-corrected chi connectivity index (χ3v) is 4.01. The summed E-state index contributed by atoms with van der Waals surface area (Å²) in [5, 5.41) is 3.37. The molecule has 0 saturated heterocycles. The lowest BCUT2D eigenvalue weighted by Gasteiger charge is -2.22. The van der Waals surface area contributed by atoms with Crippen LogP contribution < -0.4 is 5.32 Å². The van der Waals surface area contributed by atoms with Crippen molar-refractivity contribution in [2.45, 2.75) is 44.9 Å². The molecular formula is C17H34IN3O3. The Balaban J connectivity index is 0.00000529. The summed E-state index contributed by atoms with van der Waals surface area (Å²) in [4.78, 5) is 17.4. The quantitative estimate of drug-likeness (QED) is 0.161. The fraction of sp³-hybridized carbons (Fsp3) is 0.882. The summed E-state index contributed by atoms with van der Waals surface area (Å²) in [5.74, 6) is 1.61. The van der Waals surface area contributed by atoms with Gasteiger partial charge < -0.3 is 19.7 Å². The summed E-state index contributed by atoms with van der Waals surface area (Å²) in [5.41, 5.74) is 0. The molecular weight excluding hydrogens is 421 g/mol. The Morgan fingerprint density at radius 1 is 1.25 bits per heavy atom. The van der Waals surface area contributed by atoms with Crippen molar-refractivity contribution >= 4 is 35.9 Å². The molecule has 142 valence electrons. The van der Waals surface area contributed by atoms with Crippen LogP contribution in [0.25, 0.3) is 0 Å². The number of aliphatic imine (C=N–C) groups is 1. The summed E-state index contributed by atoms with van der Waals surface area (Å²) in [7, 11) is 5.28. The van der Waals surface area contributed by atoms with Crippen LogP contribution in [0.1, 0.15) is 44.9 Å². The topological polar surface area (TPSA) is 63.2 Å². The van der Waals surface area contributed by atoms with E-state index in [1.54, 1.807) is 7.05 Å². The standard InChI is InChI=1S/C17H33N3O3.HI/c1-18-17(20(2)12-13-23-14-15-9-10-15)19-11-7-5-4-6-8-16(21)22-3;/h15H,4-14H2,1-3H3,(H,18,19);1H. The molecule has 0 aromatic carbocycles. The molecule has 1 N–H and O–H groups in total. The Labute approximate surface area is 163 Å². The first-order chi connectivity index (χ1) is 11.2. The molecule has 24 heavy (non-hydrogen) atoms. The number of guanidine groups is 1. The van der Waals surface area contributed by atoms with E-state index in [0.717, 1.165) is 63.9 Å². The van der Waals surface area contributed by atoms with Crippen molar-refractivity contribution in [3.05, 3.63) is 0 Å². The zero-order valence-electron chi connectivity index (χ0n) is 15.4. The number of methoxy groups -OCH3 is 1. The largest absolute Gasteiger partial charge is 0.469 e. The second-order valence-electron chi connectivity index (χ2n) is 6.15. The summed E-state index contributed by atoms with van der Waals surface area (Å²) in [6.07, 6.45) is 7.33. The van der Waals surface area contributed by atoms with Crippen molar-refractivity contribution in [3.8, 4) is 0 Å². The average Bonchev–Trinajstić information content (AvgIpc) is 3.38. The van der Waals surface area contributed by atoms with E-state index in [0.29, 0.717) is 6.42 Å². The number of carbonyl (C=O) groups is 1. The normalized spacial score (nSPS) is 14.0. The van der Waals surface area contributed by atoms with Crippen LogP contribution in [0.5, 0.6) is 0 Å². The second-order valence-corrected chi connectivity index (χ2v) is 6.15. The Kier molecular flexibility index (Phi) is 14.4. The maximum absolute atomic E-state index is 11.0. The highest BCUT2D eigenvalue weighted by molar-refractivity contribution is 14.0. The van der Waals surface area contributed by atoms with E-state index < -0.39 is 0 Å². The van der Waals surface area contributed by atoms with Crippen LogP contribution in [0.4, 0.5) is 0 Å². The van der Waals surface area contributed by atoms with Crippen molar-refractivity contribution in [2.75, 3.05) is 47.5 Å². The maximum Gasteiger partial charge on any atom is 0.305 e. The van der Waals surface area contributed by atoms with Crippen LogP contribution in [-0.2, 0) is 14.3 Å². The van der Waals surface area contributed by atoms with Gasteiger partial charge in [-0.15, -0.1) is 24.0 Å². The summed E-state index contributed by atoms with van der Waals surface area (Å²) in [6, 6.07) is 0. The number of esters is 1. The van der Waals surface area contributed by atoms with Gasteiger partial charge in [0.25, 0.3) is 0 Å². The van der Waals surface area contributed by atoms with Gasteiger partial charge in [0, 0.05) is 40.2 Å². The molecule has 0 aromatic rings. The van der Waals surface area contributed by atoms with Crippen molar-refractivity contribution in [1.29, 1.82) is 0 Å². The van der Waals surface area contributed by atoms with Gasteiger partial charge in [0.05, 0.1) is 13.7 Å². The number of ether oxygens (including phenoxy) is 2. The Morgan fingerprint density at radius 3 is 2.58 bits per heavy atom. The van der Waals surface area contributed by atoms with Gasteiger partial charge in [-0.25, -0.2) is 0 Å². The van der Waals surface area contributed by atoms with Crippen LogP contribution in [0.3, 0.4) is 0 Å². The van der Waals surface area contributed by atoms with Crippen molar-refractivity contribution in [2.24, 2.45) is 10.9 Å². The highest BCUT2D eigenvalue weighted by atomic mass is 127. The van der Waals surface area contributed by atoms with E-state index in [1.165, 1.54) is 20.0 Å². The number of carbonyl (C=O) groups excluding carboxylic acids is 1.